The summed E-state index contributed by atoms with van der Waals surface area (Å²) in [5.74, 6) is -0.0887. The van der Waals surface area contributed by atoms with Crippen molar-refractivity contribution in [2.45, 2.75) is 51.6 Å². The molecule has 0 amide bonds. The second-order valence-electron chi connectivity index (χ2n) is 9.77. The number of imidazole rings is 1. The van der Waals surface area contributed by atoms with Gasteiger partial charge in [-0.15, -0.1) is 0 Å². The van der Waals surface area contributed by atoms with Crippen molar-refractivity contribution in [2.75, 3.05) is 31.6 Å². The molecule has 0 radical (unpaired) electrons. The molecule has 3 heterocycles. The van der Waals surface area contributed by atoms with E-state index in [-0.39, 0.29) is 12.0 Å². The van der Waals surface area contributed by atoms with Gasteiger partial charge < -0.3 is 24.4 Å². The molecule has 1 unspecified atom stereocenters. The third kappa shape index (κ3) is 4.66. The van der Waals surface area contributed by atoms with Crippen molar-refractivity contribution in [1.29, 1.82) is 0 Å². The Morgan fingerprint density at radius 1 is 1.14 bits per heavy atom. The van der Waals surface area contributed by atoms with Gasteiger partial charge in [-0.2, -0.15) is 0 Å². The summed E-state index contributed by atoms with van der Waals surface area (Å²) >= 11 is 0. The van der Waals surface area contributed by atoms with Crippen LogP contribution in [0.3, 0.4) is 0 Å². The van der Waals surface area contributed by atoms with Crippen LogP contribution in [0.4, 0.5) is 5.95 Å². The fourth-order valence-electron chi connectivity index (χ4n) is 5.57. The van der Waals surface area contributed by atoms with E-state index in [2.05, 4.69) is 52.8 Å². The van der Waals surface area contributed by atoms with Gasteiger partial charge in [0.25, 0.3) is 0 Å². The number of rotatable bonds is 7. The van der Waals surface area contributed by atoms with Crippen molar-refractivity contribution in [3.8, 4) is 0 Å². The Morgan fingerprint density at radius 2 is 1.89 bits per heavy atom. The van der Waals surface area contributed by atoms with Gasteiger partial charge >= 0.3 is 5.97 Å². The number of anilines is 1. The Morgan fingerprint density at radius 3 is 2.57 bits per heavy atom. The molecule has 1 saturated heterocycles. The third-order valence-corrected chi connectivity index (χ3v) is 7.54. The number of benzene rings is 2. The molecule has 2 aromatic carbocycles. The van der Waals surface area contributed by atoms with Crippen molar-refractivity contribution < 1.29 is 19.7 Å². The van der Waals surface area contributed by atoms with E-state index in [4.69, 9.17) is 9.72 Å². The number of hydrogen-bond donors (Lipinski definition) is 2. The van der Waals surface area contributed by atoms with Gasteiger partial charge in [0.05, 0.1) is 17.0 Å². The van der Waals surface area contributed by atoms with Gasteiger partial charge in [-0.3, -0.25) is 9.69 Å². The molecular formula is C27H34N4O4. The summed E-state index contributed by atoms with van der Waals surface area (Å²) in [6.07, 6.45) is 2.01. The molecule has 0 saturated carbocycles. The molecular weight excluding hydrogens is 444 g/mol. The van der Waals surface area contributed by atoms with Crippen molar-refractivity contribution >= 4 is 23.0 Å². The number of carboxylic acids is 1. The minimum absolute atomic E-state index is 0.164. The van der Waals surface area contributed by atoms with E-state index in [0.29, 0.717) is 32.5 Å². The van der Waals surface area contributed by atoms with Gasteiger partial charge in [0.15, 0.2) is 0 Å². The van der Waals surface area contributed by atoms with Crippen LogP contribution in [0.25, 0.3) is 11.0 Å². The highest BCUT2D eigenvalue weighted by molar-refractivity contribution is 5.84. The van der Waals surface area contributed by atoms with Crippen LogP contribution in [-0.4, -0.2) is 63.8 Å². The minimum Gasteiger partial charge on any atom is -0.481 e. The lowest BCUT2D eigenvalue weighted by Gasteiger charge is -2.32. The lowest BCUT2D eigenvalue weighted by atomic mass is 9.97. The van der Waals surface area contributed by atoms with Crippen LogP contribution in [0.5, 0.6) is 0 Å². The molecule has 0 aliphatic carbocycles. The minimum atomic E-state index is -0.938. The normalized spacial score (nSPS) is 19.0. The van der Waals surface area contributed by atoms with Gasteiger partial charge in [0.1, 0.15) is 0 Å². The maximum Gasteiger partial charge on any atom is 0.306 e. The average Bonchev–Trinajstić information content (AvgIpc) is 3.29. The zero-order chi connectivity index (χ0) is 24.5. The molecule has 186 valence electrons. The summed E-state index contributed by atoms with van der Waals surface area (Å²) in [6.45, 7) is 4.88. The van der Waals surface area contributed by atoms with Gasteiger partial charge in [0.2, 0.25) is 12.4 Å². The summed E-state index contributed by atoms with van der Waals surface area (Å²) in [7, 11) is 1.51. The molecule has 8 heteroatoms. The highest BCUT2D eigenvalue weighted by atomic mass is 16.6. The van der Waals surface area contributed by atoms with Crippen LogP contribution in [-0.2, 0) is 28.9 Å². The number of aromatic nitrogens is 2. The van der Waals surface area contributed by atoms with E-state index < -0.39 is 12.4 Å². The third-order valence-electron chi connectivity index (χ3n) is 7.54. The summed E-state index contributed by atoms with van der Waals surface area (Å²) in [6, 6.07) is 15.0. The Hall–Kier alpha value is -2.94. The van der Waals surface area contributed by atoms with Gasteiger partial charge in [0, 0.05) is 39.3 Å². The van der Waals surface area contributed by atoms with Crippen LogP contribution in [0.15, 0.2) is 42.5 Å². The zero-order valence-electron chi connectivity index (χ0n) is 20.4. The highest BCUT2D eigenvalue weighted by Gasteiger charge is 2.31. The first-order chi connectivity index (χ1) is 17.0. The number of methoxy groups -OCH3 is 1. The number of carbonyl (C=O) groups is 1. The summed E-state index contributed by atoms with van der Waals surface area (Å²) < 4.78 is 7.50. The number of carboxylic acid groups (broad SMARTS) is 1. The first kappa shape index (κ1) is 23.8. The van der Waals surface area contributed by atoms with Crippen LogP contribution < -0.4 is 4.90 Å². The van der Waals surface area contributed by atoms with E-state index in [0.717, 1.165) is 41.9 Å². The fourth-order valence-corrected chi connectivity index (χ4v) is 5.57. The molecule has 2 aliphatic rings. The summed E-state index contributed by atoms with van der Waals surface area (Å²) in [4.78, 5) is 20.9. The molecule has 2 N–H and O–H groups in total. The Labute approximate surface area is 205 Å². The van der Waals surface area contributed by atoms with Crippen LogP contribution in [0.2, 0.25) is 0 Å². The number of piperidine rings is 1. The van der Waals surface area contributed by atoms with E-state index >= 15 is 0 Å². The predicted molar refractivity (Wildman–Crippen MR) is 134 cm³/mol. The summed E-state index contributed by atoms with van der Waals surface area (Å²) in [5.41, 5.74) is 5.71. The Kier molecular flexibility index (Phi) is 6.77. The molecule has 2 aliphatic heterocycles. The van der Waals surface area contributed by atoms with E-state index in [9.17, 15) is 15.0 Å². The largest absolute Gasteiger partial charge is 0.481 e. The quantitative estimate of drug-likeness (QED) is 0.503. The van der Waals surface area contributed by atoms with E-state index in [1.165, 1.54) is 18.2 Å². The second kappa shape index (κ2) is 9.97. The monoisotopic (exact) mass is 478 g/mol. The molecule has 5 rings (SSSR count). The number of nitrogens with zero attached hydrogens (tertiary/aromatic N) is 4. The molecule has 0 bridgehead atoms. The van der Waals surface area contributed by atoms with E-state index in [1.54, 1.807) is 0 Å². The smallest absolute Gasteiger partial charge is 0.306 e. The van der Waals surface area contributed by atoms with Crippen LogP contribution >= 0.6 is 0 Å². The SMILES string of the molecule is COC(O)N1CCc2ccc3c(nc(N4CCC(C(=O)O)CC4)n3[C@@H](C)Cc3ccccc3)c2C1. The molecule has 1 aromatic heterocycles. The molecule has 35 heavy (non-hydrogen) atoms. The maximum absolute atomic E-state index is 11.5. The predicted octanol–water partition coefficient (Wildman–Crippen LogP) is 3.42. The maximum atomic E-state index is 11.5. The topological polar surface area (TPSA) is 91.1 Å². The lowest BCUT2D eigenvalue weighted by Crippen LogP contribution is -2.40. The average molecular weight is 479 g/mol. The van der Waals surface area contributed by atoms with Gasteiger partial charge in [-0.1, -0.05) is 36.4 Å². The molecule has 8 nitrogen and oxygen atoms in total. The molecule has 1 fully saturated rings. The van der Waals surface area contributed by atoms with Crippen LogP contribution in [0.1, 0.15) is 42.5 Å². The number of hydrogen-bond acceptors (Lipinski definition) is 6. The second-order valence-corrected chi connectivity index (χ2v) is 9.77. The number of aliphatic hydroxyl groups is 1. The number of aliphatic hydroxyl groups excluding tert-OH is 1. The molecule has 3 aromatic rings. The number of aliphatic carboxylic acids is 1. The molecule has 2 atom stereocenters. The lowest BCUT2D eigenvalue weighted by molar-refractivity contribution is -0.181. The Bertz CT molecular complexity index is 1190. The fraction of sp³-hybridized carbons (Fsp3) is 0.481. The first-order valence-electron chi connectivity index (χ1n) is 12.5. The molecule has 0 spiro atoms. The van der Waals surface area contributed by atoms with Crippen molar-refractivity contribution in [1.82, 2.24) is 14.5 Å². The van der Waals surface area contributed by atoms with Crippen LogP contribution in [0, 0.1) is 5.92 Å². The summed E-state index contributed by atoms with van der Waals surface area (Å²) in [5, 5.41) is 19.8. The van der Waals surface area contributed by atoms with Crippen molar-refractivity contribution in [2.24, 2.45) is 5.92 Å². The first-order valence-corrected chi connectivity index (χ1v) is 12.5. The highest BCUT2D eigenvalue weighted by Crippen LogP contribution is 2.35. The number of ether oxygens (including phenoxy) is 1. The standard InChI is InChI=1S/C27H34N4O4/c1-18(16-19-6-4-3-5-7-19)31-23-9-8-20-10-15-30(27(34)35-2)17-22(20)24(23)28-26(31)29-13-11-21(12-14-29)25(32)33/h3-9,18,21,27,34H,10-17H2,1-2H3,(H,32,33)/t18-,27?/m0/s1. The zero-order valence-corrected chi connectivity index (χ0v) is 20.4. The van der Waals surface area contributed by atoms with Gasteiger partial charge in [-0.05, 0) is 55.4 Å². The van der Waals surface area contributed by atoms with Gasteiger partial charge in [-0.25, -0.2) is 4.98 Å². The van der Waals surface area contributed by atoms with E-state index in [1.807, 2.05) is 11.0 Å². The van der Waals surface area contributed by atoms with Crippen molar-refractivity contribution in [3.63, 3.8) is 0 Å². The number of fused-ring (bicyclic) bond motifs is 3. The van der Waals surface area contributed by atoms with Crippen molar-refractivity contribution in [3.05, 3.63) is 59.2 Å². The Balaban J connectivity index is 1.56.